The summed E-state index contributed by atoms with van der Waals surface area (Å²) in [5.74, 6) is 1.17. The number of carbonyl (C=O) groups is 1. The largest absolute Gasteiger partial charge is 0.334 e. The van der Waals surface area contributed by atoms with Crippen molar-refractivity contribution in [3.8, 4) is 11.5 Å². The number of benzene rings is 1. The lowest BCUT2D eigenvalue weighted by atomic mass is 9.64. The van der Waals surface area contributed by atoms with Gasteiger partial charge in [0.25, 0.3) is 5.89 Å². The summed E-state index contributed by atoms with van der Waals surface area (Å²) in [5, 5.41) is 4.27. The molecule has 6 heteroatoms. The average Bonchev–Trinajstić information content (AvgIpc) is 3.12. The summed E-state index contributed by atoms with van der Waals surface area (Å²) in [5.41, 5.74) is 2.22. The van der Waals surface area contributed by atoms with E-state index >= 15 is 0 Å². The molecule has 0 bridgehead atoms. The summed E-state index contributed by atoms with van der Waals surface area (Å²) in [6.45, 7) is 1.82. The normalized spacial score (nSPS) is 15.5. The molecule has 2 aromatic heterocycles. The zero-order chi connectivity index (χ0) is 18.1. The van der Waals surface area contributed by atoms with Crippen LogP contribution >= 0.6 is 15.9 Å². The second kappa shape index (κ2) is 6.76. The highest BCUT2D eigenvalue weighted by molar-refractivity contribution is 9.10. The molecular weight excluding hydrogens is 394 g/mol. The van der Waals surface area contributed by atoms with E-state index in [4.69, 9.17) is 4.52 Å². The number of carbonyl (C=O) groups excluding carboxylic acids is 1. The first-order valence-corrected chi connectivity index (χ1v) is 9.51. The number of rotatable bonds is 5. The molecule has 0 atom stereocenters. The van der Waals surface area contributed by atoms with Crippen LogP contribution in [0.2, 0.25) is 0 Å². The van der Waals surface area contributed by atoms with E-state index in [2.05, 4.69) is 43.2 Å². The first-order valence-electron chi connectivity index (χ1n) is 8.72. The van der Waals surface area contributed by atoms with Gasteiger partial charge in [0.2, 0.25) is 0 Å². The molecule has 0 spiro atoms. The molecule has 3 aromatic rings. The molecule has 132 valence electrons. The molecule has 1 saturated carbocycles. The Bertz CT molecular complexity index is 928. The van der Waals surface area contributed by atoms with Gasteiger partial charge in [-0.15, -0.1) is 0 Å². The molecular formula is C20H18BrN3O2. The van der Waals surface area contributed by atoms with Gasteiger partial charge in [0.1, 0.15) is 5.69 Å². The van der Waals surface area contributed by atoms with E-state index in [0.717, 1.165) is 35.1 Å². The van der Waals surface area contributed by atoms with Gasteiger partial charge in [-0.25, -0.2) is 0 Å². The predicted octanol–water partition coefficient (Wildman–Crippen LogP) is 4.96. The van der Waals surface area contributed by atoms with Crippen LogP contribution in [0.3, 0.4) is 0 Å². The van der Waals surface area contributed by atoms with Crippen LogP contribution in [0.4, 0.5) is 0 Å². The van der Waals surface area contributed by atoms with E-state index < -0.39 is 0 Å². The van der Waals surface area contributed by atoms with Crippen molar-refractivity contribution in [2.45, 2.75) is 38.0 Å². The Kier molecular flexibility index (Phi) is 4.44. The Morgan fingerprint density at radius 3 is 2.54 bits per heavy atom. The van der Waals surface area contributed by atoms with E-state index in [-0.39, 0.29) is 11.2 Å². The Balaban J connectivity index is 1.65. The van der Waals surface area contributed by atoms with Gasteiger partial charge in [-0.2, -0.15) is 4.98 Å². The summed E-state index contributed by atoms with van der Waals surface area (Å²) in [7, 11) is 0. The molecule has 0 amide bonds. The molecule has 0 radical (unpaired) electrons. The zero-order valence-electron chi connectivity index (χ0n) is 14.4. The van der Waals surface area contributed by atoms with Crippen LogP contribution < -0.4 is 0 Å². The van der Waals surface area contributed by atoms with Gasteiger partial charge in [0, 0.05) is 17.1 Å². The lowest BCUT2D eigenvalue weighted by Crippen LogP contribution is -2.36. The maximum Gasteiger partial charge on any atom is 0.259 e. The third kappa shape index (κ3) is 2.88. The second-order valence-corrected chi connectivity index (χ2v) is 7.49. The van der Waals surface area contributed by atoms with Crippen LogP contribution in [0.15, 0.2) is 51.6 Å². The monoisotopic (exact) mass is 411 g/mol. The number of hydrogen-bond donors (Lipinski definition) is 0. The topological polar surface area (TPSA) is 68.9 Å². The van der Waals surface area contributed by atoms with E-state index in [1.54, 1.807) is 18.3 Å². The SMILES string of the molecule is CCC(=O)c1ccc(-c2nc(C3(c4ccc(Br)cc4)CCC3)no2)cn1. The summed E-state index contributed by atoms with van der Waals surface area (Å²) >= 11 is 3.48. The van der Waals surface area contributed by atoms with E-state index in [9.17, 15) is 4.79 Å². The van der Waals surface area contributed by atoms with E-state index in [0.29, 0.717) is 18.0 Å². The summed E-state index contributed by atoms with van der Waals surface area (Å²) in [6.07, 6.45) is 5.22. The third-order valence-electron chi connectivity index (χ3n) is 5.08. The smallest absolute Gasteiger partial charge is 0.259 e. The van der Waals surface area contributed by atoms with Gasteiger partial charge in [-0.05, 0) is 42.7 Å². The highest BCUT2D eigenvalue weighted by Crippen LogP contribution is 2.48. The summed E-state index contributed by atoms with van der Waals surface area (Å²) < 4.78 is 6.56. The number of Topliss-reactive ketones (excluding diaryl/α,β-unsaturated/α-hetero) is 1. The molecule has 0 N–H and O–H groups in total. The first-order chi connectivity index (χ1) is 12.6. The molecule has 0 saturated heterocycles. The first kappa shape index (κ1) is 17.1. The van der Waals surface area contributed by atoms with Crippen molar-refractivity contribution in [2.75, 3.05) is 0 Å². The van der Waals surface area contributed by atoms with Crippen LogP contribution in [0, 0.1) is 0 Å². The highest BCUT2D eigenvalue weighted by atomic mass is 79.9. The fourth-order valence-electron chi connectivity index (χ4n) is 3.34. The summed E-state index contributed by atoms with van der Waals surface area (Å²) in [4.78, 5) is 20.6. The van der Waals surface area contributed by atoms with Gasteiger partial charge in [-0.3, -0.25) is 9.78 Å². The van der Waals surface area contributed by atoms with Crippen molar-refractivity contribution < 1.29 is 9.32 Å². The van der Waals surface area contributed by atoms with Crippen LogP contribution in [0.25, 0.3) is 11.5 Å². The Morgan fingerprint density at radius 1 is 1.19 bits per heavy atom. The standard InChI is InChI=1S/C20H18BrN3O2/c1-2-17(25)16-9-4-13(12-22-16)18-23-19(24-26-18)20(10-3-11-20)14-5-7-15(21)8-6-14/h4-9,12H,2-3,10-11H2,1H3. The third-order valence-corrected chi connectivity index (χ3v) is 5.60. The van der Waals surface area contributed by atoms with Crippen molar-refractivity contribution in [3.63, 3.8) is 0 Å². The van der Waals surface area contributed by atoms with Crippen LogP contribution in [-0.2, 0) is 5.41 Å². The number of pyridine rings is 1. The number of nitrogens with zero attached hydrogens (tertiary/aromatic N) is 3. The fourth-order valence-corrected chi connectivity index (χ4v) is 3.61. The lowest BCUT2D eigenvalue weighted by molar-refractivity contribution is 0.0983. The van der Waals surface area contributed by atoms with Crippen molar-refractivity contribution in [2.24, 2.45) is 0 Å². The van der Waals surface area contributed by atoms with Gasteiger partial charge in [0.15, 0.2) is 11.6 Å². The van der Waals surface area contributed by atoms with Crippen LogP contribution in [0.5, 0.6) is 0 Å². The Labute approximate surface area is 160 Å². The minimum atomic E-state index is -0.173. The number of hydrogen-bond acceptors (Lipinski definition) is 5. The fraction of sp³-hybridized carbons (Fsp3) is 0.300. The maximum atomic E-state index is 11.7. The van der Waals surface area contributed by atoms with Crippen molar-refractivity contribution in [1.29, 1.82) is 0 Å². The Morgan fingerprint density at radius 2 is 1.96 bits per heavy atom. The van der Waals surface area contributed by atoms with Gasteiger partial charge in [0.05, 0.1) is 11.0 Å². The molecule has 0 aliphatic heterocycles. The quantitative estimate of drug-likeness (QED) is 0.555. The minimum absolute atomic E-state index is 0.0198. The van der Waals surface area contributed by atoms with Crippen molar-refractivity contribution in [3.05, 3.63) is 64.1 Å². The molecule has 4 rings (SSSR count). The van der Waals surface area contributed by atoms with E-state index in [1.807, 2.05) is 19.1 Å². The second-order valence-electron chi connectivity index (χ2n) is 6.57. The molecule has 1 aliphatic rings. The molecule has 5 nitrogen and oxygen atoms in total. The molecule has 1 fully saturated rings. The lowest BCUT2D eigenvalue weighted by Gasteiger charge is -2.39. The van der Waals surface area contributed by atoms with Crippen LogP contribution in [0.1, 0.15) is 54.5 Å². The van der Waals surface area contributed by atoms with Gasteiger partial charge < -0.3 is 4.52 Å². The minimum Gasteiger partial charge on any atom is -0.334 e. The Hall–Kier alpha value is -2.34. The number of ketones is 1. The summed E-state index contributed by atoms with van der Waals surface area (Å²) in [6, 6.07) is 11.8. The van der Waals surface area contributed by atoms with E-state index in [1.165, 1.54) is 5.56 Å². The van der Waals surface area contributed by atoms with Crippen molar-refractivity contribution in [1.82, 2.24) is 15.1 Å². The number of halogens is 1. The molecule has 26 heavy (non-hydrogen) atoms. The van der Waals surface area contributed by atoms with Gasteiger partial charge >= 0.3 is 0 Å². The van der Waals surface area contributed by atoms with Gasteiger partial charge in [-0.1, -0.05) is 46.6 Å². The number of aromatic nitrogens is 3. The predicted molar refractivity (Wildman–Crippen MR) is 101 cm³/mol. The molecule has 0 unspecified atom stereocenters. The molecule has 2 heterocycles. The zero-order valence-corrected chi connectivity index (χ0v) is 16.0. The molecule has 1 aromatic carbocycles. The average molecular weight is 412 g/mol. The van der Waals surface area contributed by atoms with Crippen molar-refractivity contribution >= 4 is 21.7 Å². The molecule has 1 aliphatic carbocycles. The highest BCUT2D eigenvalue weighted by Gasteiger charge is 2.44. The maximum absolute atomic E-state index is 11.7. The van der Waals surface area contributed by atoms with Crippen LogP contribution in [-0.4, -0.2) is 20.9 Å².